The molecule has 160 valence electrons. The van der Waals surface area contributed by atoms with E-state index < -0.39 is 0 Å². The van der Waals surface area contributed by atoms with Crippen LogP contribution in [0.5, 0.6) is 0 Å². The van der Waals surface area contributed by atoms with Crippen LogP contribution in [-0.4, -0.2) is 39.3 Å². The highest BCUT2D eigenvalue weighted by Gasteiger charge is 2.12. The van der Waals surface area contributed by atoms with Crippen molar-refractivity contribution >= 4 is 63.8 Å². The van der Waals surface area contributed by atoms with Gasteiger partial charge in [-0.05, 0) is 24.3 Å². The van der Waals surface area contributed by atoms with Crippen LogP contribution in [0.2, 0.25) is 0 Å². The fourth-order valence-corrected chi connectivity index (χ4v) is 4.98. The Bertz CT molecular complexity index is 1040. The monoisotopic (exact) mass is 473 g/mol. The molecule has 3 aromatic rings. The van der Waals surface area contributed by atoms with Gasteiger partial charge in [-0.1, -0.05) is 65.2 Å². The number of aromatic nitrogens is 2. The molecule has 1 heterocycles. The summed E-state index contributed by atoms with van der Waals surface area (Å²) < 4.78 is 1.36. The Morgan fingerprint density at radius 1 is 0.871 bits per heavy atom. The first-order valence-electron chi connectivity index (χ1n) is 9.09. The minimum Gasteiger partial charge on any atom is -0.325 e. The predicted molar refractivity (Wildman–Crippen MR) is 125 cm³/mol. The van der Waals surface area contributed by atoms with Gasteiger partial charge < -0.3 is 5.32 Å². The van der Waals surface area contributed by atoms with E-state index in [9.17, 15) is 14.4 Å². The number of hydrogen-bond donors (Lipinski definition) is 3. The van der Waals surface area contributed by atoms with Crippen molar-refractivity contribution in [2.45, 2.75) is 15.6 Å². The lowest BCUT2D eigenvalue weighted by atomic mass is 10.2. The molecule has 0 bridgehead atoms. The summed E-state index contributed by atoms with van der Waals surface area (Å²) in [5, 5.41) is 10.9. The van der Waals surface area contributed by atoms with Crippen molar-refractivity contribution in [3.05, 3.63) is 60.2 Å². The molecule has 0 aliphatic rings. The molecule has 8 nitrogen and oxygen atoms in total. The smallest absolute Gasteiger partial charge is 0.235 e. The number of hydrogen-bond acceptors (Lipinski definition) is 9. The number of Topliss-reactive ketones (excluding diaryl/α,β-unsaturated/α-hetero) is 1. The Morgan fingerprint density at radius 2 is 1.48 bits per heavy atom. The summed E-state index contributed by atoms with van der Waals surface area (Å²) in [5.74, 6) is 0.143. The van der Waals surface area contributed by atoms with Crippen LogP contribution in [0.1, 0.15) is 17.3 Å². The zero-order valence-corrected chi connectivity index (χ0v) is 18.9. The minimum atomic E-state index is -0.199. The Morgan fingerprint density at radius 3 is 2.13 bits per heavy atom. The molecule has 2 amide bonds. The number of amides is 2. The second-order valence-corrected chi connectivity index (χ2v) is 9.55. The van der Waals surface area contributed by atoms with Gasteiger partial charge in [0.15, 0.2) is 14.5 Å². The van der Waals surface area contributed by atoms with Gasteiger partial charge in [0, 0.05) is 18.2 Å². The fourth-order valence-electron chi connectivity index (χ4n) is 2.27. The fraction of sp³-hybridized carbons (Fsp3) is 0.150. The van der Waals surface area contributed by atoms with Crippen molar-refractivity contribution in [2.75, 3.05) is 22.2 Å². The van der Waals surface area contributed by atoms with Crippen molar-refractivity contribution in [2.24, 2.45) is 0 Å². The molecule has 0 aliphatic carbocycles. The maximum Gasteiger partial charge on any atom is 0.235 e. The number of thioether (sulfide) groups is 2. The summed E-state index contributed by atoms with van der Waals surface area (Å²) in [6.07, 6.45) is 0. The van der Waals surface area contributed by atoms with Crippen molar-refractivity contribution in [1.82, 2.24) is 15.6 Å². The zero-order chi connectivity index (χ0) is 22.1. The second-order valence-electron chi connectivity index (χ2n) is 6.13. The number of ketones is 1. The van der Waals surface area contributed by atoms with Gasteiger partial charge in [-0.15, -0.1) is 10.2 Å². The molecule has 3 rings (SSSR count). The summed E-state index contributed by atoms with van der Waals surface area (Å²) in [4.78, 5) is 35.2. The highest BCUT2D eigenvalue weighted by Crippen LogP contribution is 2.29. The highest BCUT2D eigenvalue weighted by molar-refractivity contribution is 8.03. The summed E-state index contributed by atoms with van der Waals surface area (Å²) in [5.41, 5.74) is 7.24. The van der Waals surface area contributed by atoms with E-state index in [0.29, 0.717) is 25.6 Å². The van der Waals surface area contributed by atoms with E-state index in [1.165, 1.54) is 41.8 Å². The molecule has 31 heavy (non-hydrogen) atoms. The molecule has 0 fully saturated rings. The number of carbonyl (C=O) groups excluding carboxylic acids is 3. The molecule has 0 spiro atoms. The normalized spacial score (nSPS) is 10.4. The zero-order valence-electron chi connectivity index (χ0n) is 16.5. The first-order valence-corrected chi connectivity index (χ1v) is 11.9. The minimum absolute atomic E-state index is 0.0349. The number of nitrogens with one attached hydrogen (secondary N) is 3. The number of hydrazine groups is 1. The van der Waals surface area contributed by atoms with E-state index in [4.69, 9.17) is 0 Å². The average molecular weight is 474 g/mol. The Labute approximate surface area is 191 Å². The van der Waals surface area contributed by atoms with Gasteiger partial charge in [0.1, 0.15) is 0 Å². The lowest BCUT2D eigenvalue weighted by molar-refractivity contribution is -0.118. The SMILES string of the molecule is CC(=O)NNc1ccc(NC(=O)CSc2nnc(SCC(=O)c3ccccc3)s2)cc1. The van der Waals surface area contributed by atoms with Crippen LogP contribution in [0.3, 0.4) is 0 Å². The lowest BCUT2D eigenvalue weighted by Crippen LogP contribution is -2.26. The van der Waals surface area contributed by atoms with E-state index in [1.807, 2.05) is 18.2 Å². The van der Waals surface area contributed by atoms with Gasteiger partial charge in [-0.3, -0.25) is 25.2 Å². The van der Waals surface area contributed by atoms with Gasteiger partial charge in [0.2, 0.25) is 11.8 Å². The van der Waals surface area contributed by atoms with Gasteiger partial charge >= 0.3 is 0 Å². The molecule has 0 unspecified atom stereocenters. The first-order chi connectivity index (χ1) is 15.0. The maximum absolute atomic E-state index is 12.2. The molecule has 0 aliphatic heterocycles. The number of benzene rings is 2. The van der Waals surface area contributed by atoms with Crippen LogP contribution in [0.25, 0.3) is 0 Å². The van der Waals surface area contributed by atoms with Crippen molar-refractivity contribution in [3.8, 4) is 0 Å². The molecule has 0 saturated heterocycles. The van der Waals surface area contributed by atoms with Gasteiger partial charge in [0.05, 0.1) is 17.2 Å². The topological polar surface area (TPSA) is 113 Å². The second kappa shape index (κ2) is 11.5. The van der Waals surface area contributed by atoms with E-state index >= 15 is 0 Å². The van der Waals surface area contributed by atoms with Crippen LogP contribution in [0.15, 0.2) is 63.3 Å². The number of carbonyl (C=O) groups is 3. The quantitative estimate of drug-likeness (QED) is 0.232. The maximum atomic E-state index is 12.2. The average Bonchev–Trinajstić information content (AvgIpc) is 3.24. The van der Waals surface area contributed by atoms with Crippen LogP contribution in [0.4, 0.5) is 11.4 Å². The number of rotatable bonds is 10. The van der Waals surface area contributed by atoms with Crippen molar-refractivity contribution in [3.63, 3.8) is 0 Å². The molecule has 2 aromatic carbocycles. The Kier molecular flexibility index (Phi) is 8.44. The first kappa shape index (κ1) is 22.8. The predicted octanol–water partition coefficient (Wildman–Crippen LogP) is 3.71. The van der Waals surface area contributed by atoms with Crippen LogP contribution in [0, 0.1) is 0 Å². The summed E-state index contributed by atoms with van der Waals surface area (Å²) in [7, 11) is 0. The third-order valence-electron chi connectivity index (χ3n) is 3.69. The van der Waals surface area contributed by atoms with E-state index in [0.717, 1.165) is 0 Å². The molecule has 11 heteroatoms. The van der Waals surface area contributed by atoms with Gasteiger partial charge in [0.25, 0.3) is 0 Å². The molecule has 3 N–H and O–H groups in total. The van der Waals surface area contributed by atoms with Crippen LogP contribution >= 0.6 is 34.9 Å². The van der Waals surface area contributed by atoms with E-state index in [-0.39, 0.29) is 29.1 Å². The van der Waals surface area contributed by atoms with Gasteiger partial charge in [-0.2, -0.15) is 0 Å². The summed E-state index contributed by atoms with van der Waals surface area (Å²) in [6, 6.07) is 16.1. The summed E-state index contributed by atoms with van der Waals surface area (Å²) >= 11 is 3.98. The van der Waals surface area contributed by atoms with Crippen molar-refractivity contribution < 1.29 is 14.4 Å². The van der Waals surface area contributed by atoms with Gasteiger partial charge in [-0.25, -0.2) is 0 Å². The lowest BCUT2D eigenvalue weighted by Gasteiger charge is -2.08. The molecule has 1 aromatic heterocycles. The highest BCUT2D eigenvalue weighted by atomic mass is 32.2. The van der Waals surface area contributed by atoms with Crippen LogP contribution in [-0.2, 0) is 9.59 Å². The molecule has 0 atom stereocenters. The number of anilines is 2. The Hall–Kier alpha value is -2.89. The number of nitrogens with zero attached hydrogens (tertiary/aromatic N) is 2. The molecular formula is C20H19N5O3S3. The molecule has 0 radical (unpaired) electrons. The van der Waals surface area contributed by atoms with E-state index in [2.05, 4.69) is 26.4 Å². The third kappa shape index (κ3) is 7.70. The van der Waals surface area contributed by atoms with Crippen LogP contribution < -0.4 is 16.2 Å². The van der Waals surface area contributed by atoms with E-state index in [1.54, 1.807) is 36.4 Å². The summed E-state index contributed by atoms with van der Waals surface area (Å²) in [6.45, 7) is 1.41. The molecule has 0 saturated carbocycles. The molecular weight excluding hydrogens is 454 g/mol. The third-order valence-corrected chi connectivity index (χ3v) is 6.88. The largest absolute Gasteiger partial charge is 0.325 e. The Balaban J connectivity index is 1.41. The van der Waals surface area contributed by atoms with Crippen molar-refractivity contribution in [1.29, 1.82) is 0 Å². The standard InChI is InChI=1S/C20H19N5O3S3/c1-13(26)22-23-16-9-7-15(8-10-16)21-18(28)12-30-20-25-24-19(31-20)29-11-17(27)14-5-3-2-4-6-14/h2-10,23H,11-12H2,1H3,(H,21,28)(H,22,26).